The second kappa shape index (κ2) is 24.1. The molecule has 6 aromatic rings. The van der Waals surface area contributed by atoms with E-state index in [0.717, 1.165) is 24.3 Å². The van der Waals surface area contributed by atoms with E-state index in [0.29, 0.717) is 0 Å². The summed E-state index contributed by atoms with van der Waals surface area (Å²) in [6.07, 6.45) is 0. The summed E-state index contributed by atoms with van der Waals surface area (Å²) in [4.78, 5) is 55.4. The molecule has 0 atom stereocenters. The molecular formula is C37H22N8Na4O15S2. The molecule has 0 radical (unpaired) electrons. The quantitative estimate of drug-likeness (QED) is 0.0321. The number of nitrogens with one attached hydrogen (secondary N) is 4. The first-order valence-electron chi connectivity index (χ1n) is 16.9. The molecule has 6 rings (SSSR count). The fraction of sp³-hybridized carbons (Fsp3) is 0. The van der Waals surface area contributed by atoms with Crippen molar-refractivity contribution in [3.63, 3.8) is 0 Å². The zero-order valence-electron chi connectivity index (χ0n) is 34.5. The molecule has 0 spiro atoms. The zero-order valence-corrected chi connectivity index (χ0v) is 44.2. The smallest absolute Gasteiger partial charge is 0.744 e. The molecule has 0 heterocycles. The summed E-state index contributed by atoms with van der Waals surface area (Å²) in [7, 11) is -10.7. The standard InChI is InChI=1S/C37H26N8O15S2.4Na/c46-31-25-9-7-21(11-17(25)13-27(61(55,56)57)29(31)44-42-23-5-1-3-19(15-23)38-33(48)35(50)51)40-37(54)41-22-8-10-26-18(12-22)14-28(62(58,59)60)30(32(26)47)45-43-24-6-2-4-20(16-24)39-34(49)36(52)53;;;;/h1-16,46-47H,(H,38,48)(H,39,49)(H,50,51)(H,52,53)(H2,40,41,54)(H,55,56,57)(H,58,59,60);;;;/q;4*+1/p-4. The molecule has 0 aromatic heterocycles. The maximum atomic E-state index is 13.0. The Kier molecular flexibility index (Phi) is 21.0. The summed E-state index contributed by atoms with van der Waals surface area (Å²) in [5.74, 6) is -8.54. The van der Waals surface area contributed by atoms with Crippen molar-refractivity contribution in [2.45, 2.75) is 9.79 Å². The molecule has 0 aliphatic heterocycles. The number of amides is 4. The molecule has 0 aliphatic carbocycles. The van der Waals surface area contributed by atoms with Crippen LogP contribution in [0.25, 0.3) is 21.5 Å². The zero-order chi connectivity index (χ0) is 45.1. The van der Waals surface area contributed by atoms with Gasteiger partial charge in [0.25, 0.3) is 11.8 Å². The predicted octanol–water partition coefficient (Wildman–Crippen LogP) is -8.92. The first-order valence-corrected chi connectivity index (χ1v) is 19.7. The molecular weight excluding hydrogens is 953 g/mol. The molecule has 0 bridgehead atoms. The molecule has 4 amide bonds. The van der Waals surface area contributed by atoms with Gasteiger partial charge in [-0.3, -0.25) is 9.59 Å². The predicted molar refractivity (Wildman–Crippen MR) is 208 cm³/mol. The van der Waals surface area contributed by atoms with Gasteiger partial charge in [0.05, 0.1) is 21.2 Å². The Morgan fingerprint density at radius 2 is 0.818 bits per heavy atom. The number of rotatable bonds is 10. The number of anilines is 4. The summed E-state index contributed by atoms with van der Waals surface area (Å²) in [6, 6.07) is 18.5. The number of hydrogen-bond acceptors (Lipinski definition) is 19. The number of azo groups is 2. The minimum atomic E-state index is -5.33. The Hall–Kier alpha value is -4.39. The molecule has 0 fully saturated rings. The molecule has 66 heavy (non-hydrogen) atoms. The van der Waals surface area contributed by atoms with E-state index in [1.165, 1.54) is 72.8 Å². The van der Waals surface area contributed by atoms with E-state index >= 15 is 0 Å². The number of aliphatic carboxylic acids is 2. The van der Waals surface area contributed by atoms with Crippen LogP contribution in [0.5, 0.6) is 11.5 Å². The van der Waals surface area contributed by atoms with Crippen LogP contribution >= 0.6 is 0 Å². The first kappa shape index (κ1) is 57.7. The van der Waals surface area contributed by atoms with Gasteiger partial charge in [-0.1, -0.05) is 12.1 Å². The van der Waals surface area contributed by atoms with Gasteiger partial charge in [0.2, 0.25) is 0 Å². The fourth-order valence-electron chi connectivity index (χ4n) is 5.60. The molecule has 23 nitrogen and oxygen atoms in total. The van der Waals surface area contributed by atoms with Gasteiger partial charge < -0.3 is 60.4 Å². The number of urea groups is 1. The number of hydrogen-bond donors (Lipinski definition) is 6. The average Bonchev–Trinajstić information content (AvgIpc) is 3.19. The Balaban J connectivity index is 0.00000374. The van der Waals surface area contributed by atoms with Gasteiger partial charge >= 0.3 is 124 Å². The van der Waals surface area contributed by atoms with Crippen molar-refractivity contribution < 1.29 is 189 Å². The number of aromatic hydroxyl groups is 2. The summed E-state index contributed by atoms with van der Waals surface area (Å²) in [5.41, 5.74) is -1.70. The fourth-order valence-corrected chi connectivity index (χ4v) is 6.89. The van der Waals surface area contributed by atoms with E-state index in [2.05, 4.69) is 31.1 Å². The van der Waals surface area contributed by atoms with Crippen molar-refractivity contribution in [3.05, 3.63) is 97.1 Å². The molecule has 0 saturated heterocycles. The molecule has 0 saturated carbocycles. The number of benzene rings is 6. The van der Waals surface area contributed by atoms with E-state index in [9.17, 15) is 70.3 Å². The molecule has 6 N–H and O–H groups in total. The number of phenolic OH excluding ortho intramolecular Hbond substituents is 2. The van der Waals surface area contributed by atoms with Gasteiger partial charge in [-0.15, -0.1) is 10.2 Å². The Labute approximate surface area is 460 Å². The molecule has 29 heteroatoms. The molecule has 316 valence electrons. The van der Waals surface area contributed by atoms with Crippen molar-refractivity contribution in [2.24, 2.45) is 20.5 Å². The Morgan fingerprint density at radius 3 is 1.15 bits per heavy atom. The van der Waals surface area contributed by atoms with Crippen LogP contribution < -0.4 is 150 Å². The number of carbonyl (C=O) groups is 5. The average molecular weight is 975 g/mol. The third kappa shape index (κ3) is 14.3. The third-order valence-electron chi connectivity index (χ3n) is 8.27. The summed E-state index contributed by atoms with van der Waals surface area (Å²) in [5, 5.41) is 67.3. The van der Waals surface area contributed by atoms with Gasteiger partial charge in [0, 0.05) is 33.5 Å². The van der Waals surface area contributed by atoms with E-state index in [-0.39, 0.29) is 174 Å². The van der Waals surface area contributed by atoms with Crippen molar-refractivity contribution in [3.8, 4) is 11.5 Å². The molecule has 0 aliphatic rings. The maximum Gasteiger partial charge on any atom is 1.00 e. The van der Waals surface area contributed by atoms with Crippen LogP contribution in [0.4, 0.5) is 50.3 Å². The van der Waals surface area contributed by atoms with Gasteiger partial charge in [0.1, 0.15) is 43.5 Å². The topological polar surface area (TPSA) is 384 Å². The van der Waals surface area contributed by atoms with E-state index in [1.807, 2.05) is 10.6 Å². The van der Waals surface area contributed by atoms with Crippen LogP contribution in [0.2, 0.25) is 0 Å². The maximum absolute atomic E-state index is 13.0. The third-order valence-corrected chi connectivity index (χ3v) is 9.97. The van der Waals surface area contributed by atoms with E-state index in [1.54, 1.807) is 0 Å². The number of carboxylic acid groups (broad SMARTS) is 2. The van der Waals surface area contributed by atoms with Crippen molar-refractivity contribution >= 4 is 117 Å². The summed E-state index contributed by atoms with van der Waals surface area (Å²) >= 11 is 0. The number of phenols is 2. The summed E-state index contributed by atoms with van der Waals surface area (Å²) < 4.78 is 73.6. The molecule has 0 unspecified atom stereocenters. The van der Waals surface area contributed by atoms with Crippen LogP contribution in [-0.2, 0) is 39.4 Å². The van der Waals surface area contributed by atoms with Gasteiger partial charge in [-0.2, -0.15) is 10.2 Å². The van der Waals surface area contributed by atoms with Crippen LogP contribution in [0.15, 0.2) is 127 Å². The van der Waals surface area contributed by atoms with Crippen molar-refractivity contribution in [2.75, 3.05) is 21.3 Å². The Bertz CT molecular complexity index is 3000. The number of fused-ring (bicyclic) bond motifs is 2. The minimum absolute atomic E-state index is 0. The second-order valence-electron chi connectivity index (χ2n) is 12.5. The number of carbonyl (C=O) groups excluding carboxylic acids is 5. The van der Waals surface area contributed by atoms with E-state index < -0.39 is 82.7 Å². The Morgan fingerprint density at radius 1 is 0.470 bits per heavy atom. The van der Waals surface area contributed by atoms with Crippen molar-refractivity contribution in [1.82, 2.24) is 0 Å². The van der Waals surface area contributed by atoms with E-state index in [4.69, 9.17) is 0 Å². The van der Waals surface area contributed by atoms with Crippen LogP contribution in [-0.4, -0.2) is 65.9 Å². The van der Waals surface area contributed by atoms with Gasteiger partial charge in [-0.25, -0.2) is 21.6 Å². The first-order chi connectivity index (χ1) is 29.2. The van der Waals surface area contributed by atoms with Crippen LogP contribution in [0, 0.1) is 0 Å². The number of nitrogens with zero attached hydrogens (tertiary/aromatic N) is 4. The van der Waals surface area contributed by atoms with Crippen LogP contribution in [0.1, 0.15) is 0 Å². The van der Waals surface area contributed by atoms with Gasteiger partial charge in [0.15, 0.2) is 11.5 Å². The van der Waals surface area contributed by atoms with Gasteiger partial charge in [-0.05, 0) is 95.7 Å². The normalized spacial score (nSPS) is 11.1. The monoisotopic (exact) mass is 974 g/mol. The summed E-state index contributed by atoms with van der Waals surface area (Å²) in [6.45, 7) is 0. The minimum Gasteiger partial charge on any atom is -0.744 e. The molecule has 6 aromatic carbocycles. The largest absolute Gasteiger partial charge is 1.00 e. The van der Waals surface area contributed by atoms with Crippen molar-refractivity contribution in [1.29, 1.82) is 0 Å². The SMILES string of the molecule is O=C(Nc1ccc2c(O)c(N=Nc3cccc(NC(=O)C(=O)[O-])c3)c(S(=O)(=O)[O-])cc2c1)Nc1ccc2c(O)c(N=Nc3cccc(NC(=O)C(=O)[O-])c3)c(S(=O)(=O)[O-])cc2c1.[Na+].[Na+].[Na+].[Na+]. The van der Waals surface area contributed by atoms with Crippen LogP contribution in [0.3, 0.4) is 0 Å². The second-order valence-corrected chi connectivity index (χ2v) is 15.2. The number of carboxylic acids is 2.